The average molecular weight is 209 g/mol. The summed E-state index contributed by atoms with van der Waals surface area (Å²) in [6, 6.07) is 5.26. The predicted molar refractivity (Wildman–Crippen MR) is 58.4 cm³/mol. The zero-order valence-corrected chi connectivity index (χ0v) is 8.45. The summed E-state index contributed by atoms with van der Waals surface area (Å²) >= 11 is 4.27. The van der Waals surface area contributed by atoms with Gasteiger partial charge in [-0.25, -0.2) is 4.98 Å². The Morgan fingerprint density at radius 1 is 1.57 bits per heavy atom. The topological polar surface area (TPSA) is 59.2 Å². The van der Waals surface area contributed by atoms with Crippen molar-refractivity contribution in [2.45, 2.75) is 11.7 Å². The molecule has 0 bridgehead atoms. The van der Waals surface area contributed by atoms with Gasteiger partial charge in [0, 0.05) is 18.2 Å². The third-order valence-electron chi connectivity index (χ3n) is 2.14. The summed E-state index contributed by atoms with van der Waals surface area (Å²) in [7, 11) is 0. The number of nitrogen functional groups attached to an aromatic ring is 1. The highest BCUT2D eigenvalue weighted by molar-refractivity contribution is 7.81. The minimum atomic E-state index is 0.0584. The smallest absolute Gasteiger partial charge is 0.229 e. The maximum atomic E-state index is 11.5. The number of anilines is 2. The van der Waals surface area contributed by atoms with E-state index in [4.69, 9.17) is 5.73 Å². The van der Waals surface area contributed by atoms with Crippen molar-refractivity contribution < 1.29 is 4.79 Å². The van der Waals surface area contributed by atoms with Crippen LogP contribution >= 0.6 is 12.6 Å². The molecule has 1 amide bonds. The minimum Gasteiger partial charge on any atom is -0.384 e. The van der Waals surface area contributed by atoms with Crippen molar-refractivity contribution in [3.05, 3.63) is 18.2 Å². The summed E-state index contributed by atoms with van der Waals surface area (Å²) < 4.78 is 0. The maximum Gasteiger partial charge on any atom is 0.229 e. The Morgan fingerprint density at radius 3 is 2.93 bits per heavy atom. The Morgan fingerprint density at radius 2 is 2.36 bits per heavy atom. The van der Waals surface area contributed by atoms with Crippen molar-refractivity contribution in [1.82, 2.24) is 4.98 Å². The number of hydrogen-bond acceptors (Lipinski definition) is 4. The second-order valence-electron chi connectivity index (χ2n) is 3.28. The van der Waals surface area contributed by atoms with E-state index >= 15 is 0 Å². The van der Waals surface area contributed by atoms with Gasteiger partial charge in [0.05, 0.1) is 0 Å². The van der Waals surface area contributed by atoms with Gasteiger partial charge in [0.1, 0.15) is 11.6 Å². The number of hydrogen-bond donors (Lipinski definition) is 2. The molecule has 0 spiro atoms. The van der Waals surface area contributed by atoms with Crippen molar-refractivity contribution in [3.8, 4) is 0 Å². The second kappa shape index (κ2) is 3.49. The molecule has 5 heteroatoms. The highest BCUT2D eigenvalue weighted by atomic mass is 32.1. The molecular weight excluding hydrogens is 198 g/mol. The molecule has 74 valence electrons. The van der Waals surface area contributed by atoms with Crippen LogP contribution in [0.4, 0.5) is 11.6 Å². The Labute approximate surface area is 87.5 Å². The molecule has 4 nitrogen and oxygen atoms in total. The molecular formula is C9H11N3OS. The Kier molecular flexibility index (Phi) is 2.33. The van der Waals surface area contributed by atoms with Crippen LogP contribution in [0.25, 0.3) is 0 Å². The Balaban J connectivity index is 2.27. The van der Waals surface area contributed by atoms with Gasteiger partial charge in [-0.15, -0.1) is 0 Å². The van der Waals surface area contributed by atoms with Gasteiger partial charge in [-0.1, -0.05) is 6.07 Å². The molecule has 1 unspecified atom stereocenters. The molecule has 1 saturated heterocycles. The van der Waals surface area contributed by atoms with Crippen LogP contribution in [0.2, 0.25) is 0 Å². The van der Waals surface area contributed by atoms with Crippen LogP contribution in [0.1, 0.15) is 6.42 Å². The molecule has 1 aliphatic rings. The highest BCUT2D eigenvalue weighted by Crippen LogP contribution is 2.22. The molecule has 1 atom stereocenters. The van der Waals surface area contributed by atoms with E-state index in [1.165, 1.54) is 0 Å². The largest absolute Gasteiger partial charge is 0.384 e. The lowest BCUT2D eigenvalue weighted by molar-refractivity contribution is -0.117. The highest BCUT2D eigenvalue weighted by Gasteiger charge is 2.28. The molecule has 0 saturated carbocycles. The predicted octanol–water partition coefficient (Wildman–Crippen LogP) is 0.699. The zero-order valence-electron chi connectivity index (χ0n) is 7.55. The van der Waals surface area contributed by atoms with Crippen molar-refractivity contribution >= 4 is 30.2 Å². The third-order valence-corrected chi connectivity index (χ3v) is 2.48. The van der Waals surface area contributed by atoms with Crippen LogP contribution in [0.15, 0.2) is 18.2 Å². The lowest BCUT2D eigenvalue weighted by Crippen LogP contribution is -2.25. The number of carbonyl (C=O) groups excluding carboxylic acids is 1. The zero-order chi connectivity index (χ0) is 10.1. The summed E-state index contributed by atoms with van der Waals surface area (Å²) in [6.07, 6.45) is 0.472. The molecule has 1 aromatic rings. The van der Waals surface area contributed by atoms with Gasteiger partial charge in [0.25, 0.3) is 0 Å². The van der Waals surface area contributed by atoms with Crippen molar-refractivity contribution in [1.29, 1.82) is 0 Å². The number of aromatic nitrogens is 1. The lowest BCUT2D eigenvalue weighted by atomic mass is 10.4. The first-order valence-corrected chi connectivity index (χ1v) is 4.89. The van der Waals surface area contributed by atoms with E-state index in [-0.39, 0.29) is 11.2 Å². The summed E-state index contributed by atoms with van der Waals surface area (Å²) in [5.74, 6) is 1.10. The molecule has 0 aliphatic carbocycles. The monoisotopic (exact) mass is 209 g/mol. The molecule has 1 aromatic heterocycles. The summed E-state index contributed by atoms with van der Waals surface area (Å²) in [5.41, 5.74) is 5.54. The van der Waals surface area contributed by atoms with Crippen LogP contribution in [0, 0.1) is 0 Å². The number of pyridine rings is 1. The third kappa shape index (κ3) is 1.68. The van der Waals surface area contributed by atoms with E-state index in [1.54, 1.807) is 23.1 Å². The van der Waals surface area contributed by atoms with Gasteiger partial charge in [0.2, 0.25) is 5.91 Å². The van der Waals surface area contributed by atoms with Crippen molar-refractivity contribution in [2.24, 2.45) is 0 Å². The van der Waals surface area contributed by atoms with E-state index in [9.17, 15) is 4.79 Å². The average Bonchev–Trinajstić information content (AvgIpc) is 2.45. The fourth-order valence-corrected chi connectivity index (χ4v) is 1.82. The number of carbonyl (C=O) groups is 1. The fourth-order valence-electron chi connectivity index (χ4n) is 1.50. The summed E-state index contributed by atoms with van der Waals surface area (Å²) in [5, 5.41) is 0.103. The lowest BCUT2D eigenvalue weighted by Gasteiger charge is -2.14. The Hall–Kier alpha value is -1.23. The van der Waals surface area contributed by atoms with E-state index < -0.39 is 0 Å². The van der Waals surface area contributed by atoms with Crippen LogP contribution in [-0.4, -0.2) is 22.7 Å². The van der Waals surface area contributed by atoms with Crippen molar-refractivity contribution in [3.63, 3.8) is 0 Å². The van der Waals surface area contributed by atoms with Crippen LogP contribution in [-0.2, 0) is 4.79 Å². The summed E-state index contributed by atoms with van der Waals surface area (Å²) in [6.45, 7) is 0.610. The second-order valence-corrected chi connectivity index (χ2v) is 4.01. The minimum absolute atomic E-state index is 0.0584. The molecule has 0 radical (unpaired) electrons. The molecule has 2 N–H and O–H groups in total. The number of amides is 1. The summed E-state index contributed by atoms with van der Waals surface area (Å²) in [4.78, 5) is 17.2. The number of nitrogens with zero attached hydrogens (tertiary/aromatic N) is 2. The van der Waals surface area contributed by atoms with Crippen LogP contribution in [0.5, 0.6) is 0 Å². The van der Waals surface area contributed by atoms with Crippen LogP contribution < -0.4 is 10.6 Å². The van der Waals surface area contributed by atoms with Gasteiger partial charge in [-0.05, 0) is 12.1 Å². The van der Waals surface area contributed by atoms with E-state index in [2.05, 4.69) is 17.6 Å². The number of nitrogens with two attached hydrogens (primary N) is 1. The van der Waals surface area contributed by atoms with Crippen LogP contribution in [0.3, 0.4) is 0 Å². The van der Waals surface area contributed by atoms with Gasteiger partial charge < -0.3 is 5.73 Å². The molecule has 1 aliphatic heterocycles. The molecule has 1 fully saturated rings. The maximum absolute atomic E-state index is 11.5. The Bertz CT molecular complexity index is 369. The molecule has 0 aromatic carbocycles. The molecule has 14 heavy (non-hydrogen) atoms. The van der Waals surface area contributed by atoms with Gasteiger partial charge >= 0.3 is 0 Å². The first-order valence-electron chi connectivity index (χ1n) is 4.38. The van der Waals surface area contributed by atoms with E-state index in [0.29, 0.717) is 24.6 Å². The van der Waals surface area contributed by atoms with E-state index in [1.807, 2.05) is 0 Å². The normalized spacial score (nSPS) is 21.6. The van der Waals surface area contributed by atoms with Gasteiger partial charge in [-0.3, -0.25) is 9.69 Å². The van der Waals surface area contributed by atoms with Crippen molar-refractivity contribution in [2.75, 3.05) is 17.2 Å². The van der Waals surface area contributed by atoms with Gasteiger partial charge in [-0.2, -0.15) is 12.6 Å². The number of thiol groups is 1. The first kappa shape index (κ1) is 9.33. The SMILES string of the molecule is Nc1cccc(N2CC(S)CC2=O)n1. The van der Waals surface area contributed by atoms with E-state index in [0.717, 1.165) is 0 Å². The standard InChI is InChI=1S/C9H11N3OS/c10-7-2-1-3-8(11-7)12-5-6(14)4-9(12)13/h1-3,6,14H,4-5H2,(H2,10,11). The molecule has 2 heterocycles. The fraction of sp³-hybridized carbons (Fsp3) is 0.333. The quantitative estimate of drug-likeness (QED) is 0.669. The number of rotatable bonds is 1. The first-order chi connectivity index (χ1) is 6.66. The van der Waals surface area contributed by atoms with Gasteiger partial charge in [0.15, 0.2) is 0 Å². The molecule has 2 rings (SSSR count).